The summed E-state index contributed by atoms with van der Waals surface area (Å²) in [7, 11) is 1.31. The van der Waals surface area contributed by atoms with Crippen molar-refractivity contribution < 1.29 is 18.8 Å². The summed E-state index contributed by atoms with van der Waals surface area (Å²) in [5, 5.41) is 7.91. The Labute approximate surface area is 148 Å². The van der Waals surface area contributed by atoms with E-state index in [0.29, 0.717) is 27.0 Å². The van der Waals surface area contributed by atoms with Crippen LogP contribution >= 0.6 is 11.3 Å². The Hall–Kier alpha value is -2.74. The van der Waals surface area contributed by atoms with E-state index in [-0.39, 0.29) is 12.3 Å². The van der Waals surface area contributed by atoms with Crippen LogP contribution in [0.25, 0.3) is 11.0 Å². The maximum absolute atomic E-state index is 12.3. The molecule has 0 saturated carbocycles. The molecular formula is C17H17N3O4S. The fraction of sp³-hybridized carbons (Fsp3) is 0.294. The van der Waals surface area contributed by atoms with Gasteiger partial charge in [0.25, 0.3) is 0 Å². The third kappa shape index (κ3) is 3.39. The van der Waals surface area contributed by atoms with Crippen LogP contribution in [-0.4, -0.2) is 29.1 Å². The summed E-state index contributed by atoms with van der Waals surface area (Å²) in [5.74, 6) is -0.746. The molecule has 2 aromatic heterocycles. The van der Waals surface area contributed by atoms with Crippen molar-refractivity contribution in [3.8, 4) is 0 Å². The third-order valence-corrected chi connectivity index (χ3v) is 4.78. The number of ether oxygens (including phenoxy) is 1. The first-order valence-electron chi connectivity index (χ1n) is 7.60. The molecule has 0 aliphatic rings. The molecule has 0 aliphatic carbocycles. The number of anilines is 1. The lowest BCUT2D eigenvalue weighted by Gasteiger charge is -2.01. The predicted octanol–water partition coefficient (Wildman–Crippen LogP) is 3.18. The van der Waals surface area contributed by atoms with Gasteiger partial charge in [-0.3, -0.25) is 4.79 Å². The van der Waals surface area contributed by atoms with E-state index in [0.717, 1.165) is 27.8 Å². The molecule has 8 heteroatoms. The first-order valence-corrected chi connectivity index (χ1v) is 8.41. The van der Waals surface area contributed by atoms with E-state index in [4.69, 9.17) is 4.52 Å². The van der Waals surface area contributed by atoms with Crippen molar-refractivity contribution in [2.45, 2.75) is 27.2 Å². The molecule has 3 aromatic rings. The van der Waals surface area contributed by atoms with Crippen LogP contribution in [0, 0.1) is 20.8 Å². The average molecular weight is 359 g/mol. The van der Waals surface area contributed by atoms with Gasteiger partial charge in [0, 0.05) is 5.39 Å². The number of methoxy groups -OCH3 is 1. The van der Waals surface area contributed by atoms with Gasteiger partial charge in [-0.1, -0.05) is 22.6 Å². The number of nitrogens with zero attached hydrogens (tertiary/aromatic N) is 2. The molecule has 0 atom stereocenters. The summed E-state index contributed by atoms with van der Waals surface area (Å²) >= 11 is 1.08. The molecule has 0 saturated heterocycles. The van der Waals surface area contributed by atoms with Gasteiger partial charge in [0.05, 0.1) is 19.2 Å². The van der Waals surface area contributed by atoms with E-state index in [1.807, 2.05) is 26.0 Å². The van der Waals surface area contributed by atoms with Crippen LogP contribution in [0.15, 0.2) is 16.7 Å². The standard InChI is InChI=1S/C17H17N3O4S/c1-8-5-9(2)14-11(20-24-12(14)6-8)7-13(21)19-17-18-10(3)15(25-17)16(22)23-4/h5-6H,7H2,1-4H3,(H,18,19,21). The highest BCUT2D eigenvalue weighted by molar-refractivity contribution is 7.17. The minimum Gasteiger partial charge on any atom is -0.465 e. The number of carbonyl (C=O) groups excluding carboxylic acids is 2. The molecule has 0 radical (unpaired) electrons. The summed E-state index contributed by atoms with van der Waals surface area (Å²) in [6.45, 7) is 5.63. The highest BCUT2D eigenvalue weighted by Gasteiger charge is 2.19. The van der Waals surface area contributed by atoms with Crippen LogP contribution in [0.4, 0.5) is 5.13 Å². The number of fused-ring (bicyclic) bond motifs is 1. The lowest BCUT2D eigenvalue weighted by molar-refractivity contribution is -0.115. The zero-order valence-electron chi connectivity index (χ0n) is 14.3. The maximum Gasteiger partial charge on any atom is 0.350 e. The van der Waals surface area contributed by atoms with Crippen LogP contribution in [0.1, 0.15) is 32.2 Å². The molecule has 3 rings (SSSR count). The number of aromatic nitrogens is 2. The number of hydrogen-bond acceptors (Lipinski definition) is 7. The van der Waals surface area contributed by atoms with Gasteiger partial charge >= 0.3 is 5.97 Å². The maximum atomic E-state index is 12.3. The van der Waals surface area contributed by atoms with Gasteiger partial charge in [0.15, 0.2) is 10.7 Å². The number of thiazole rings is 1. The molecule has 0 aliphatic heterocycles. The normalized spacial score (nSPS) is 10.9. The van der Waals surface area contributed by atoms with Crippen LogP contribution in [0.5, 0.6) is 0 Å². The van der Waals surface area contributed by atoms with Crippen molar-refractivity contribution in [1.82, 2.24) is 10.1 Å². The minimum atomic E-state index is -0.469. The number of nitrogens with one attached hydrogen (secondary N) is 1. The van der Waals surface area contributed by atoms with E-state index in [2.05, 4.69) is 20.2 Å². The second-order valence-corrected chi connectivity index (χ2v) is 6.73. The molecule has 0 fully saturated rings. The second-order valence-electron chi connectivity index (χ2n) is 5.73. The molecule has 1 amide bonds. The number of amides is 1. The van der Waals surface area contributed by atoms with Crippen molar-refractivity contribution in [3.05, 3.63) is 39.5 Å². The van der Waals surface area contributed by atoms with Crippen molar-refractivity contribution in [2.24, 2.45) is 0 Å². The largest absolute Gasteiger partial charge is 0.465 e. The summed E-state index contributed by atoms with van der Waals surface area (Å²) in [4.78, 5) is 28.5. The van der Waals surface area contributed by atoms with Gasteiger partial charge in [-0.05, 0) is 38.0 Å². The van der Waals surface area contributed by atoms with E-state index in [9.17, 15) is 9.59 Å². The number of carbonyl (C=O) groups is 2. The fourth-order valence-electron chi connectivity index (χ4n) is 2.69. The quantitative estimate of drug-likeness (QED) is 0.719. The highest BCUT2D eigenvalue weighted by atomic mass is 32.1. The number of aryl methyl sites for hydroxylation is 3. The number of esters is 1. The molecule has 0 spiro atoms. The van der Waals surface area contributed by atoms with Gasteiger partial charge in [-0.2, -0.15) is 0 Å². The SMILES string of the molecule is COC(=O)c1sc(NC(=O)Cc2noc3cc(C)cc(C)c23)nc1C. The van der Waals surface area contributed by atoms with Gasteiger partial charge in [-0.25, -0.2) is 9.78 Å². The molecular weight excluding hydrogens is 342 g/mol. The molecule has 25 heavy (non-hydrogen) atoms. The lowest BCUT2D eigenvalue weighted by Crippen LogP contribution is -2.14. The van der Waals surface area contributed by atoms with Crippen LogP contribution in [0.2, 0.25) is 0 Å². The minimum absolute atomic E-state index is 0.0586. The molecule has 2 heterocycles. The van der Waals surface area contributed by atoms with E-state index in [1.165, 1.54) is 7.11 Å². The first kappa shape index (κ1) is 17.1. The van der Waals surface area contributed by atoms with E-state index < -0.39 is 5.97 Å². The number of benzene rings is 1. The number of hydrogen-bond donors (Lipinski definition) is 1. The highest BCUT2D eigenvalue weighted by Crippen LogP contribution is 2.26. The zero-order chi connectivity index (χ0) is 18.1. The van der Waals surface area contributed by atoms with Crippen molar-refractivity contribution >= 4 is 39.3 Å². The summed E-state index contributed by atoms with van der Waals surface area (Å²) in [5.41, 5.74) is 3.85. The molecule has 1 aromatic carbocycles. The molecule has 1 N–H and O–H groups in total. The topological polar surface area (TPSA) is 94.3 Å². The Morgan fingerprint density at radius 3 is 2.76 bits per heavy atom. The lowest BCUT2D eigenvalue weighted by atomic mass is 10.0. The second kappa shape index (κ2) is 6.64. The molecule has 0 unspecified atom stereocenters. The molecule has 130 valence electrons. The fourth-order valence-corrected chi connectivity index (χ4v) is 3.59. The zero-order valence-corrected chi connectivity index (χ0v) is 15.1. The van der Waals surface area contributed by atoms with Crippen molar-refractivity contribution in [1.29, 1.82) is 0 Å². The Morgan fingerprint density at radius 1 is 1.28 bits per heavy atom. The van der Waals surface area contributed by atoms with Gasteiger partial charge in [-0.15, -0.1) is 0 Å². The van der Waals surface area contributed by atoms with Crippen molar-refractivity contribution in [3.63, 3.8) is 0 Å². The van der Waals surface area contributed by atoms with Crippen LogP contribution in [-0.2, 0) is 16.0 Å². The average Bonchev–Trinajstić information content (AvgIpc) is 3.10. The monoisotopic (exact) mass is 359 g/mol. The van der Waals surface area contributed by atoms with Crippen LogP contribution < -0.4 is 5.32 Å². The van der Waals surface area contributed by atoms with Gasteiger partial charge in [0.1, 0.15) is 10.6 Å². The van der Waals surface area contributed by atoms with Gasteiger partial charge in [0.2, 0.25) is 5.91 Å². The molecule has 7 nitrogen and oxygen atoms in total. The Morgan fingerprint density at radius 2 is 2.04 bits per heavy atom. The smallest absolute Gasteiger partial charge is 0.350 e. The van der Waals surface area contributed by atoms with E-state index in [1.54, 1.807) is 6.92 Å². The number of rotatable bonds is 4. The summed E-state index contributed by atoms with van der Waals surface area (Å²) in [6.07, 6.45) is 0.0586. The van der Waals surface area contributed by atoms with Crippen LogP contribution in [0.3, 0.4) is 0 Å². The predicted molar refractivity (Wildman–Crippen MR) is 94.0 cm³/mol. The summed E-state index contributed by atoms with van der Waals surface area (Å²) in [6, 6.07) is 3.91. The Bertz CT molecular complexity index is 974. The van der Waals surface area contributed by atoms with Crippen molar-refractivity contribution in [2.75, 3.05) is 12.4 Å². The first-order chi connectivity index (χ1) is 11.9. The van der Waals surface area contributed by atoms with Gasteiger partial charge < -0.3 is 14.6 Å². The Balaban J connectivity index is 1.79. The summed E-state index contributed by atoms with van der Waals surface area (Å²) < 4.78 is 10.0. The molecule has 0 bridgehead atoms. The van der Waals surface area contributed by atoms with E-state index >= 15 is 0 Å². The Kier molecular flexibility index (Phi) is 4.54. The third-order valence-electron chi connectivity index (χ3n) is 3.73.